The molecule has 0 amide bonds. The fraction of sp³-hybridized carbons (Fsp3) is 0.250. The van der Waals surface area contributed by atoms with Crippen molar-refractivity contribution in [1.29, 1.82) is 10.5 Å². The van der Waals surface area contributed by atoms with E-state index in [4.69, 9.17) is 26.3 Å². The van der Waals surface area contributed by atoms with Crippen LogP contribution in [-0.4, -0.2) is 61.3 Å². The average molecular weight is 1470 g/mol. The summed E-state index contributed by atoms with van der Waals surface area (Å²) in [6, 6.07) is 66.0. The van der Waals surface area contributed by atoms with E-state index in [0.717, 1.165) is 59.8 Å². The van der Waals surface area contributed by atoms with Gasteiger partial charge in [0.15, 0.2) is 0 Å². The molecule has 2 heterocycles. The zero-order valence-electron chi connectivity index (χ0n) is 66.2. The summed E-state index contributed by atoms with van der Waals surface area (Å²) in [7, 11) is 16.0. The Morgan fingerprint density at radius 3 is 1.03 bits per heavy atom. The van der Waals surface area contributed by atoms with Gasteiger partial charge in [-0.3, -0.25) is 10.1 Å². The highest BCUT2D eigenvalue weighted by molar-refractivity contribution is 7.14. The average Bonchev–Trinajstić information content (AvgIpc) is 1.78. The summed E-state index contributed by atoms with van der Waals surface area (Å²) in [5, 5.41) is 46.4. The van der Waals surface area contributed by atoms with Crippen LogP contribution in [0.15, 0.2) is 238 Å². The van der Waals surface area contributed by atoms with Crippen LogP contribution in [0.2, 0.25) is 0 Å². The van der Waals surface area contributed by atoms with E-state index < -0.39 is 4.92 Å². The van der Waals surface area contributed by atoms with Crippen molar-refractivity contribution in [3.05, 3.63) is 315 Å². The van der Waals surface area contributed by atoms with Gasteiger partial charge < -0.3 is 19.6 Å². The number of non-ortho nitro benzene ring substituents is 1. The summed E-state index contributed by atoms with van der Waals surface area (Å²) >= 11 is 2.98. The molecule has 9 aromatic rings. The van der Waals surface area contributed by atoms with E-state index in [1.165, 1.54) is 23.5 Å². The second kappa shape index (κ2) is 55.0. The number of benzene rings is 7. The number of rotatable bonds is 18. The molecule has 0 spiro atoms. The summed E-state index contributed by atoms with van der Waals surface area (Å²) < 4.78 is 0. The maximum absolute atomic E-state index is 10.6. The molecule has 7 aromatic carbocycles. The zero-order chi connectivity index (χ0) is 80.8. The molecule has 0 atom stereocenters. The molecule has 0 saturated carbocycles. The van der Waals surface area contributed by atoms with Gasteiger partial charge in [-0.25, -0.2) is 20.2 Å². The lowest BCUT2D eigenvalue weighted by atomic mass is 9.94. The highest BCUT2D eigenvalue weighted by Gasteiger charge is 2.27. The Morgan fingerprint density at radius 1 is 0.383 bits per heavy atom. The van der Waals surface area contributed by atoms with Gasteiger partial charge >= 0.3 is 5.82 Å². The molecule has 2 aromatic heterocycles. The van der Waals surface area contributed by atoms with Crippen LogP contribution in [-0.2, 0) is 0 Å². The number of azo groups is 2. The molecule has 0 N–H and O–H groups in total. The van der Waals surface area contributed by atoms with Crippen LogP contribution in [0.3, 0.4) is 0 Å². The van der Waals surface area contributed by atoms with Crippen molar-refractivity contribution in [2.75, 3.05) is 76.0 Å². The van der Waals surface area contributed by atoms with E-state index >= 15 is 0 Å². The van der Waals surface area contributed by atoms with Crippen LogP contribution in [0.4, 0.5) is 51.2 Å². The second-order valence-corrected chi connectivity index (χ2v) is 23.0. The normalized spacial score (nSPS) is 10.1. The van der Waals surface area contributed by atoms with Crippen LogP contribution >= 0.6 is 22.7 Å². The molecule has 0 aliphatic heterocycles. The Labute approximate surface area is 646 Å². The van der Waals surface area contributed by atoms with Gasteiger partial charge in [-0.15, -0.1) is 22.7 Å². The lowest BCUT2D eigenvalue weighted by Crippen LogP contribution is -2.08. The Kier molecular flexibility index (Phi) is 48.5. The largest absolute Gasteiger partial charge is 0.527 e. The first-order valence-electron chi connectivity index (χ1n) is 35.4. The number of hydrogen-bond donors (Lipinski definition) is 0. The number of anilines is 4. The van der Waals surface area contributed by atoms with Gasteiger partial charge in [0.1, 0.15) is 13.1 Å². The Hall–Kier alpha value is -12.6. The lowest BCUT2D eigenvalue weighted by molar-refractivity contribution is -0.384. The van der Waals surface area contributed by atoms with Crippen LogP contribution in [0, 0.1) is 59.1 Å². The molecule has 0 saturated heterocycles. The SMILES string of the molecule is CC.CC.CC.CC.CC.CC.CC.CN(C)c1ccc(N=Nc2ccc(N=Nc3ccc([N+](=O)[O-])cc3)cc2)cc1.[C-]#[N+]/C(C#N)=C(\c1ccc(N(C)C)cc1)c1ccc(/C=C/c2ccc(N(C)C)cc2)s1.[C-]#[N+]C([N+]#[C-])=C(/C(=C(/C#N)[N+]#[C-])c1ccccc1)c1ccc(/C=C/c2ccc(N(C)C)cc2)s1. The number of nitro groups is 1. The fourth-order valence-electron chi connectivity index (χ4n) is 8.63. The third kappa shape index (κ3) is 31.5. The van der Waals surface area contributed by atoms with Gasteiger partial charge in [-0.05, 0) is 156 Å². The van der Waals surface area contributed by atoms with Crippen molar-refractivity contribution in [1.82, 2.24) is 0 Å². The highest BCUT2D eigenvalue weighted by atomic mass is 32.1. The summed E-state index contributed by atoms with van der Waals surface area (Å²) in [5.74, 6) is -0.174. The molecule has 0 bridgehead atoms. The lowest BCUT2D eigenvalue weighted by Gasteiger charge is -2.13. The van der Waals surface area contributed by atoms with Crippen molar-refractivity contribution >= 4 is 115 Å². The molecular formula is C88H103N15O2S2. The fourth-order valence-corrected chi connectivity index (χ4v) is 10.6. The van der Waals surface area contributed by atoms with Gasteiger partial charge in [0.25, 0.3) is 17.1 Å². The first-order valence-corrected chi connectivity index (χ1v) is 37.0. The summed E-state index contributed by atoms with van der Waals surface area (Å²) in [4.78, 5) is 35.6. The minimum atomic E-state index is -0.454. The van der Waals surface area contributed by atoms with Gasteiger partial charge in [-0.2, -0.15) is 30.1 Å². The molecule has 0 aliphatic rings. The molecule has 0 fully saturated rings. The van der Waals surface area contributed by atoms with Gasteiger partial charge in [-0.1, -0.05) is 176 Å². The molecule has 107 heavy (non-hydrogen) atoms. The number of nitriles is 2. The molecular weight excluding hydrogens is 1360 g/mol. The minimum Gasteiger partial charge on any atom is -0.378 e. The third-order valence-corrected chi connectivity index (χ3v) is 15.7. The van der Waals surface area contributed by atoms with Crippen molar-refractivity contribution in [2.45, 2.75) is 96.9 Å². The topological polar surface area (TPSA) is 171 Å². The second-order valence-electron chi connectivity index (χ2n) is 20.8. The number of nitrogens with zero attached hydrogens (tertiary/aromatic N) is 15. The molecule has 17 nitrogen and oxygen atoms in total. The maximum Gasteiger partial charge on any atom is 0.527 e. The van der Waals surface area contributed by atoms with Gasteiger partial charge in [0.2, 0.25) is 0 Å². The highest BCUT2D eigenvalue weighted by Crippen LogP contribution is 2.41. The molecule has 0 radical (unpaired) electrons. The molecule has 0 unspecified atom stereocenters. The first kappa shape index (κ1) is 94.4. The molecule has 19 heteroatoms. The predicted molar refractivity (Wildman–Crippen MR) is 461 cm³/mol. The Morgan fingerprint density at radius 2 is 0.701 bits per heavy atom. The van der Waals surface area contributed by atoms with Crippen molar-refractivity contribution in [3.63, 3.8) is 0 Å². The predicted octanol–water partition coefficient (Wildman–Crippen LogP) is 27.3. The Balaban J connectivity index is 0.00000146. The number of hydrogen-bond acceptors (Lipinski definition) is 14. The van der Waals surface area contributed by atoms with Crippen LogP contribution in [0.1, 0.15) is 139 Å². The van der Waals surface area contributed by atoms with Crippen molar-refractivity contribution < 1.29 is 4.92 Å². The maximum atomic E-state index is 10.6. The van der Waals surface area contributed by atoms with Gasteiger partial charge in [0, 0.05) is 122 Å². The van der Waals surface area contributed by atoms with E-state index in [0.29, 0.717) is 44.2 Å². The quantitative estimate of drug-likeness (QED) is 0.0204. The molecule has 554 valence electrons. The van der Waals surface area contributed by atoms with Crippen molar-refractivity contribution in [3.8, 4) is 12.1 Å². The van der Waals surface area contributed by atoms with E-state index in [9.17, 15) is 20.6 Å². The van der Waals surface area contributed by atoms with Gasteiger partial charge in [0.05, 0.1) is 58.5 Å². The number of allylic oxidation sites excluding steroid dienone is 4. The third-order valence-electron chi connectivity index (χ3n) is 13.6. The monoisotopic (exact) mass is 1470 g/mol. The van der Waals surface area contributed by atoms with Crippen LogP contribution in [0.5, 0.6) is 0 Å². The summed E-state index contributed by atoms with van der Waals surface area (Å²) in [6.07, 6.45) is 8.11. The van der Waals surface area contributed by atoms with Crippen LogP contribution in [0.25, 0.3) is 60.4 Å². The van der Waals surface area contributed by atoms with E-state index in [-0.39, 0.29) is 22.9 Å². The smallest absolute Gasteiger partial charge is 0.378 e. The van der Waals surface area contributed by atoms with Crippen LogP contribution < -0.4 is 19.6 Å². The molecule has 0 aliphatic carbocycles. The summed E-state index contributed by atoms with van der Waals surface area (Å²) in [5.41, 5.74) is 12.0. The molecule has 9 rings (SSSR count). The first-order chi connectivity index (χ1) is 51.9. The van der Waals surface area contributed by atoms with E-state index in [1.54, 1.807) is 72.0 Å². The Bertz CT molecular complexity index is 4510. The standard InChI is InChI=1S/C28H19N5S.C26H24N4S.C20H18N6O2.7C2H6/c1-30-24(19-29)26(21-9-7-6-8-10-21)27(28(31-2)32-3)25-18-17-23(34-25)16-13-20-11-14-22(15-12-20)33(4)5;1-28-24(18-27)26(20-9-13-22(14-10-20)30(4)5)25-17-16-23(31-25)15-8-19-6-11-21(12-7-19)29(2)3;1-25(2)19-11-7-17(8-12-19)23-21-15-3-5-16(6-4-15)22-24-18-9-13-20(14-10-18)26(27)28;7*1-2/h6-18H,4-5H3;6-17H,2-5H3;3-14H,1-2H3;7*1-2H3/b16-13+,26-24-;15-8+,26-24+;;;;;;;;. The number of thiophene rings is 2. The number of nitro benzene ring substituents is 1. The minimum absolute atomic E-state index is 0.0185. The zero-order valence-corrected chi connectivity index (χ0v) is 67.8. The van der Waals surface area contributed by atoms with Crippen molar-refractivity contribution in [2.24, 2.45) is 20.5 Å². The summed E-state index contributed by atoms with van der Waals surface area (Å²) in [6.45, 7) is 58.1. The van der Waals surface area contributed by atoms with E-state index in [1.807, 2.05) is 289 Å². The van der Waals surface area contributed by atoms with E-state index in [2.05, 4.69) is 87.2 Å².